The number of thiocyanates is 1. The number of thioether (sulfide) groups is 1. The van der Waals surface area contributed by atoms with Crippen LogP contribution in [0.15, 0.2) is 35.2 Å². The van der Waals surface area contributed by atoms with Crippen LogP contribution in [0.4, 0.5) is 13.2 Å². The predicted molar refractivity (Wildman–Crippen MR) is 93.9 cm³/mol. The molecule has 0 spiro atoms. The number of halogens is 3. The molecule has 2 aromatic carbocycles. The summed E-state index contributed by atoms with van der Waals surface area (Å²) in [7, 11) is 0. The quantitative estimate of drug-likeness (QED) is 0.446. The first-order chi connectivity index (χ1) is 12.1. The van der Waals surface area contributed by atoms with Crippen LogP contribution in [-0.4, -0.2) is 0 Å². The summed E-state index contributed by atoms with van der Waals surface area (Å²) in [6, 6.07) is 7.64. The molecule has 0 unspecified atom stereocenters. The Morgan fingerprint density at radius 3 is 2.44 bits per heavy atom. The first-order valence-electron chi connectivity index (χ1n) is 8.38. The zero-order chi connectivity index (χ0) is 17.8. The average Bonchev–Trinajstić information content (AvgIpc) is 2.64. The fourth-order valence-corrected chi connectivity index (χ4v) is 4.01. The van der Waals surface area contributed by atoms with Gasteiger partial charge in [-0.1, -0.05) is 31.4 Å². The lowest BCUT2D eigenvalue weighted by atomic mass is 9.83. The van der Waals surface area contributed by atoms with Gasteiger partial charge in [-0.15, -0.1) is 0 Å². The third-order valence-corrected chi connectivity index (χ3v) is 5.55. The summed E-state index contributed by atoms with van der Waals surface area (Å²) in [5, 5.41) is 10.5. The van der Waals surface area contributed by atoms with Gasteiger partial charge in [0, 0.05) is 11.1 Å². The number of benzene rings is 2. The molecule has 0 bridgehead atoms. The van der Waals surface area contributed by atoms with Gasteiger partial charge in [0.25, 0.3) is 0 Å². The standard InChI is InChI=1S/C20H18F3NS/c21-11-16-8-15(10-19(23)20(16)25-12-24)17-7-6-14(9-18(17)22)13-4-2-1-3-5-13/h6-10,13H,1-5,11H2. The van der Waals surface area contributed by atoms with E-state index in [4.69, 9.17) is 5.26 Å². The van der Waals surface area contributed by atoms with Crippen molar-refractivity contribution in [3.8, 4) is 16.5 Å². The SMILES string of the molecule is N#CSc1c(F)cc(-c2ccc(C3CCCCC3)cc2F)cc1CF. The lowest BCUT2D eigenvalue weighted by Gasteiger charge is -2.22. The third-order valence-electron chi connectivity index (χ3n) is 4.79. The number of hydrogen-bond donors (Lipinski definition) is 0. The molecular formula is C20H18F3NS. The summed E-state index contributed by atoms with van der Waals surface area (Å²) in [5.41, 5.74) is 1.59. The Morgan fingerprint density at radius 1 is 1.04 bits per heavy atom. The molecule has 0 atom stereocenters. The summed E-state index contributed by atoms with van der Waals surface area (Å²) in [6.07, 6.45) is 5.70. The molecule has 3 rings (SSSR count). The van der Waals surface area contributed by atoms with E-state index in [-0.39, 0.29) is 16.0 Å². The van der Waals surface area contributed by atoms with E-state index in [1.54, 1.807) is 11.5 Å². The molecule has 0 aliphatic heterocycles. The van der Waals surface area contributed by atoms with Crippen molar-refractivity contribution in [3.05, 3.63) is 53.1 Å². The Morgan fingerprint density at radius 2 is 1.80 bits per heavy atom. The van der Waals surface area contributed by atoms with Gasteiger partial charge in [0.05, 0.1) is 4.90 Å². The largest absolute Gasteiger partial charge is 0.246 e. The zero-order valence-corrected chi connectivity index (χ0v) is 14.5. The maximum Gasteiger partial charge on any atom is 0.138 e. The van der Waals surface area contributed by atoms with Crippen LogP contribution in [0.2, 0.25) is 0 Å². The molecule has 0 radical (unpaired) electrons. The fraction of sp³-hybridized carbons (Fsp3) is 0.350. The average molecular weight is 361 g/mol. The molecule has 25 heavy (non-hydrogen) atoms. The Hall–Kier alpha value is -1.93. The van der Waals surface area contributed by atoms with Crippen molar-refractivity contribution in [1.82, 2.24) is 0 Å². The number of hydrogen-bond acceptors (Lipinski definition) is 2. The van der Waals surface area contributed by atoms with Crippen LogP contribution in [0.25, 0.3) is 11.1 Å². The second kappa shape index (κ2) is 7.97. The summed E-state index contributed by atoms with van der Waals surface area (Å²) in [5.74, 6) is -0.745. The molecule has 0 N–H and O–H groups in total. The summed E-state index contributed by atoms with van der Waals surface area (Å²) in [6.45, 7) is -0.906. The molecule has 5 heteroatoms. The maximum atomic E-state index is 14.6. The van der Waals surface area contributed by atoms with Gasteiger partial charge in [-0.05, 0) is 59.8 Å². The molecule has 0 amide bonds. The normalized spacial score (nSPS) is 15.1. The molecule has 130 valence electrons. The topological polar surface area (TPSA) is 23.8 Å². The van der Waals surface area contributed by atoms with Gasteiger partial charge in [-0.3, -0.25) is 0 Å². The highest BCUT2D eigenvalue weighted by molar-refractivity contribution is 8.03. The summed E-state index contributed by atoms with van der Waals surface area (Å²) >= 11 is 0.579. The van der Waals surface area contributed by atoms with Crippen molar-refractivity contribution in [1.29, 1.82) is 5.26 Å². The first-order valence-corrected chi connectivity index (χ1v) is 9.20. The number of nitrogens with zero attached hydrogens (tertiary/aromatic N) is 1. The van der Waals surface area contributed by atoms with Crippen molar-refractivity contribution in [2.24, 2.45) is 0 Å². The molecule has 0 heterocycles. The van der Waals surface area contributed by atoms with E-state index in [9.17, 15) is 13.2 Å². The van der Waals surface area contributed by atoms with Gasteiger partial charge in [-0.25, -0.2) is 13.2 Å². The van der Waals surface area contributed by atoms with Gasteiger partial charge in [0.1, 0.15) is 23.7 Å². The van der Waals surface area contributed by atoms with Crippen LogP contribution in [0.1, 0.15) is 49.1 Å². The Kier molecular flexibility index (Phi) is 5.70. The molecular weight excluding hydrogens is 343 g/mol. The molecule has 1 aliphatic rings. The van der Waals surface area contributed by atoms with E-state index < -0.39 is 18.3 Å². The van der Waals surface area contributed by atoms with Crippen LogP contribution < -0.4 is 0 Å². The van der Waals surface area contributed by atoms with Crippen LogP contribution in [0, 0.1) is 22.3 Å². The highest BCUT2D eigenvalue weighted by Crippen LogP contribution is 2.36. The van der Waals surface area contributed by atoms with Gasteiger partial charge >= 0.3 is 0 Å². The molecule has 1 saturated carbocycles. The van der Waals surface area contributed by atoms with Crippen LogP contribution >= 0.6 is 11.8 Å². The minimum atomic E-state index is -0.906. The van der Waals surface area contributed by atoms with Crippen molar-refractivity contribution in [3.63, 3.8) is 0 Å². The van der Waals surface area contributed by atoms with Gasteiger partial charge in [0.15, 0.2) is 0 Å². The van der Waals surface area contributed by atoms with E-state index in [0.717, 1.165) is 37.3 Å². The highest BCUT2D eigenvalue weighted by Gasteiger charge is 2.19. The second-order valence-electron chi connectivity index (χ2n) is 6.35. The molecule has 1 fully saturated rings. The Balaban J connectivity index is 1.96. The van der Waals surface area contributed by atoms with Crippen LogP contribution in [0.3, 0.4) is 0 Å². The van der Waals surface area contributed by atoms with E-state index in [0.29, 0.717) is 23.2 Å². The molecule has 0 saturated heterocycles. The van der Waals surface area contributed by atoms with Crippen LogP contribution in [0.5, 0.6) is 0 Å². The minimum Gasteiger partial charge on any atom is -0.246 e. The van der Waals surface area contributed by atoms with Crippen molar-refractivity contribution < 1.29 is 13.2 Å². The lowest BCUT2D eigenvalue weighted by molar-refractivity contribution is 0.442. The van der Waals surface area contributed by atoms with E-state index in [2.05, 4.69) is 0 Å². The fourth-order valence-electron chi connectivity index (χ4n) is 3.52. The molecule has 1 aliphatic carbocycles. The van der Waals surface area contributed by atoms with Crippen molar-refractivity contribution in [2.45, 2.75) is 49.6 Å². The maximum absolute atomic E-state index is 14.6. The van der Waals surface area contributed by atoms with E-state index in [1.165, 1.54) is 18.6 Å². The highest BCUT2D eigenvalue weighted by atomic mass is 32.2. The number of rotatable bonds is 4. The second-order valence-corrected chi connectivity index (χ2v) is 7.14. The van der Waals surface area contributed by atoms with Crippen molar-refractivity contribution in [2.75, 3.05) is 0 Å². The molecule has 0 aromatic heterocycles. The van der Waals surface area contributed by atoms with E-state index in [1.807, 2.05) is 6.07 Å². The lowest BCUT2D eigenvalue weighted by Crippen LogP contribution is -2.05. The zero-order valence-electron chi connectivity index (χ0n) is 13.7. The van der Waals surface area contributed by atoms with Gasteiger partial charge < -0.3 is 0 Å². The molecule has 1 nitrogen and oxygen atoms in total. The smallest absolute Gasteiger partial charge is 0.138 e. The van der Waals surface area contributed by atoms with Gasteiger partial charge in [0.2, 0.25) is 0 Å². The monoisotopic (exact) mass is 361 g/mol. The van der Waals surface area contributed by atoms with Crippen LogP contribution in [-0.2, 0) is 6.67 Å². The molecule has 2 aromatic rings. The number of alkyl halides is 1. The third kappa shape index (κ3) is 3.85. The van der Waals surface area contributed by atoms with E-state index >= 15 is 0 Å². The van der Waals surface area contributed by atoms with Gasteiger partial charge in [-0.2, -0.15) is 5.26 Å². The Bertz CT molecular complexity index is 807. The first kappa shape index (κ1) is 17.9. The van der Waals surface area contributed by atoms with Crippen molar-refractivity contribution >= 4 is 11.8 Å². The predicted octanol–water partition coefficient (Wildman–Crippen LogP) is 6.72. The number of nitriles is 1. The Labute approximate surface area is 149 Å². The minimum absolute atomic E-state index is 0.0343. The summed E-state index contributed by atoms with van der Waals surface area (Å²) < 4.78 is 42.1. The summed E-state index contributed by atoms with van der Waals surface area (Å²) in [4.78, 5) is -0.0343.